The third kappa shape index (κ3) is 3.54. The number of aromatic nitrogens is 1. The standard InChI is InChI=1S/C15H16N4O3S/c16-7-12(9-4-5-9)17-14(20)13-8-23-15(18-13)10-2-1-3-11(6-10)19(21)22/h1-3,6,8-9,12H,4-5,7,16H2,(H,17,20). The highest BCUT2D eigenvalue weighted by Crippen LogP contribution is 2.32. The van der Waals surface area contributed by atoms with Gasteiger partial charge in [-0.3, -0.25) is 14.9 Å². The summed E-state index contributed by atoms with van der Waals surface area (Å²) in [7, 11) is 0. The average molecular weight is 332 g/mol. The van der Waals surface area contributed by atoms with Gasteiger partial charge < -0.3 is 11.1 Å². The van der Waals surface area contributed by atoms with Crippen molar-refractivity contribution >= 4 is 22.9 Å². The molecule has 3 N–H and O–H groups in total. The molecule has 1 unspecified atom stereocenters. The van der Waals surface area contributed by atoms with Gasteiger partial charge in [0.25, 0.3) is 11.6 Å². The molecule has 8 heteroatoms. The second kappa shape index (κ2) is 6.43. The van der Waals surface area contributed by atoms with Crippen LogP contribution in [0.1, 0.15) is 23.3 Å². The fourth-order valence-corrected chi connectivity index (χ4v) is 3.17. The topological polar surface area (TPSA) is 111 Å². The van der Waals surface area contributed by atoms with E-state index in [4.69, 9.17) is 5.73 Å². The monoisotopic (exact) mass is 332 g/mol. The maximum atomic E-state index is 12.2. The fraction of sp³-hybridized carbons (Fsp3) is 0.333. The lowest BCUT2D eigenvalue weighted by molar-refractivity contribution is -0.384. The Kier molecular flexibility index (Phi) is 4.35. The summed E-state index contributed by atoms with van der Waals surface area (Å²) in [6, 6.07) is 6.21. The molecule has 0 aliphatic heterocycles. The summed E-state index contributed by atoms with van der Waals surface area (Å²) in [5.41, 5.74) is 6.63. The van der Waals surface area contributed by atoms with Crippen molar-refractivity contribution in [1.82, 2.24) is 10.3 Å². The van der Waals surface area contributed by atoms with E-state index in [9.17, 15) is 14.9 Å². The number of nitro groups is 1. The van der Waals surface area contributed by atoms with Gasteiger partial charge in [-0.1, -0.05) is 12.1 Å². The van der Waals surface area contributed by atoms with Crippen LogP contribution < -0.4 is 11.1 Å². The van der Waals surface area contributed by atoms with Gasteiger partial charge in [0.15, 0.2) is 0 Å². The highest BCUT2D eigenvalue weighted by atomic mass is 32.1. The van der Waals surface area contributed by atoms with E-state index in [2.05, 4.69) is 10.3 Å². The summed E-state index contributed by atoms with van der Waals surface area (Å²) in [5, 5.41) is 16.0. The maximum absolute atomic E-state index is 12.2. The first-order valence-corrected chi connectivity index (χ1v) is 8.17. The highest BCUT2D eigenvalue weighted by molar-refractivity contribution is 7.13. The molecule has 120 valence electrons. The van der Waals surface area contributed by atoms with Gasteiger partial charge >= 0.3 is 0 Å². The van der Waals surface area contributed by atoms with Gasteiger partial charge in [0.05, 0.1) is 4.92 Å². The zero-order valence-corrected chi connectivity index (χ0v) is 13.1. The summed E-state index contributed by atoms with van der Waals surface area (Å²) in [4.78, 5) is 26.9. The Morgan fingerprint density at radius 2 is 2.30 bits per heavy atom. The number of nitrogens with zero attached hydrogens (tertiary/aromatic N) is 2. The van der Waals surface area contributed by atoms with Gasteiger partial charge in [0.1, 0.15) is 10.7 Å². The molecule has 7 nitrogen and oxygen atoms in total. The second-order valence-electron chi connectivity index (χ2n) is 5.50. The number of thiazole rings is 1. The van der Waals surface area contributed by atoms with Crippen molar-refractivity contribution in [2.75, 3.05) is 6.54 Å². The van der Waals surface area contributed by atoms with Gasteiger partial charge in [-0.05, 0) is 18.8 Å². The first-order valence-electron chi connectivity index (χ1n) is 7.29. The Balaban J connectivity index is 1.76. The number of nitro benzene ring substituents is 1. The van der Waals surface area contributed by atoms with Crippen molar-refractivity contribution in [1.29, 1.82) is 0 Å². The molecule has 1 saturated carbocycles. The largest absolute Gasteiger partial charge is 0.346 e. The van der Waals surface area contributed by atoms with Gasteiger partial charge in [-0.15, -0.1) is 11.3 Å². The van der Waals surface area contributed by atoms with Crippen LogP contribution in [0.4, 0.5) is 5.69 Å². The van der Waals surface area contributed by atoms with Crippen LogP contribution in [0.5, 0.6) is 0 Å². The lowest BCUT2D eigenvalue weighted by Crippen LogP contribution is -2.41. The molecule has 1 aliphatic carbocycles. The minimum absolute atomic E-state index is 0.000584. The van der Waals surface area contributed by atoms with Crippen molar-refractivity contribution in [2.45, 2.75) is 18.9 Å². The van der Waals surface area contributed by atoms with Crippen molar-refractivity contribution in [2.24, 2.45) is 11.7 Å². The Labute approximate surface area is 136 Å². The summed E-state index contributed by atoms with van der Waals surface area (Å²) in [6.07, 6.45) is 2.19. The van der Waals surface area contributed by atoms with E-state index in [1.54, 1.807) is 17.5 Å². The normalized spacial score (nSPS) is 15.2. The van der Waals surface area contributed by atoms with E-state index in [-0.39, 0.29) is 17.6 Å². The van der Waals surface area contributed by atoms with Crippen molar-refractivity contribution < 1.29 is 9.72 Å². The second-order valence-corrected chi connectivity index (χ2v) is 6.36. The van der Waals surface area contributed by atoms with E-state index < -0.39 is 4.92 Å². The highest BCUT2D eigenvalue weighted by Gasteiger charge is 2.31. The number of non-ortho nitro benzene ring substituents is 1. The smallest absolute Gasteiger partial charge is 0.271 e. The van der Waals surface area contributed by atoms with Crippen LogP contribution in [0.15, 0.2) is 29.6 Å². The number of carbonyl (C=O) groups is 1. The van der Waals surface area contributed by atoms with Crippen LogP contribution >= 0.6 is 11.3 Å². The van der Waals surface area contributed by atoms with E-state index in [1.165, 1.54) is 23.5 Å². The average Bonchev–Trinajstić information content (AvgIpc) is 3.28. The van der Waals surface area contributed by atoms with Crippen LogP contribution in [-0.4, -0.2) is 28.4 Å². The number of hydrogen-bond acceptors (Lipinski definition) is 6. The number of carbonyl (C=O) groups excluding carboxylic acids is 1. The third-order valence-corrected chi connectivity index (χ3v) is 4.69. The lowest BCUT2D eigenvalue weighted by atomic mass is 10.2. The predicted molar refractivity (Wildman–Crippen MR) is 87.2 cm³/mol. The zero-order valence-electron chi connectivity index (χ0n) is 12.3. The molecule has 1 atom stereocenters. The molecule has 1 fully saturated rings. The van der Waals surface area contributed by atoms with Crippen LogP contribution in [-0.2, 0) is 0 Å². The molecule has 0 spiro atoms. The number of hydrogen-bond donors (Lipinski definition) is 2. The molecule has 1 aromatic heterocycles. The Morgan fingerprint density at radius 1 is 1.52 bits per heavy atom. The van der Waals surface area contributed by atoms with Gasteiger partial charge in [0, 0.05) is 35.7 Å². The molecule has 3 rings (SSSR count). The molecule has 0 radical (unpaired) electrons. The Morgan fingerprint density at radius 3 is 2.96 bits per heavy atom. The fourth-order valence-electron chi connectivity index (χ4n) is 2.37. The predicted octanol–water partition coefficient (Wildman–Crippen LogP) is 2.19. The van der Waals surface area contributed by atoms with Crippen molar-refractivity contribution in [3.8, 4) is 10.6 Å². The van der Waals surface area contributed by atoms with Gasteiger partial charge in [-0.2, -0.15) is 0 Å². The zero-order chi connectivity index (χ0) is 16.4. The number of nitrogens with two attached hydrogens (primary N) is 1. The molecule has 1 heterocycles. The van der Waals surface area contributed by atoms with Gasteiger partial charge in [-0.25, -0.2) is 4.98 Å². The third-order valence-electron chi connectivity index (χ3n) is 3.80. The molecule has 1 amide bonds. The summed E-state index contributed by atoms with van der Waals surface area (Å²) in [6.45, 7) is 0.415. The molecular weight excluding hydrogens is 316 g/mol. The minimum Gasteiger partial charge on any atom is -0.346 e. The molecule has 23 heavy (non-hydrogen) atoms. The van der Waals surface area contributed by atoms with Crippen LogP contribution in [0.2, 0.25) is 0 Å². The quantitative estimate of drug-likeness (QED) is 0.622. The number of nitrogens with one attached hydrogen (secondary N) is 1. The van der Waals surface area contributed by atoms with E-state index >= 15 is 0 Å². The SMILES string of the molecule is NCC(NC(=O)c1csc(-c2cccc([N+](=O)[O-])c2)n1)C1CC1. The van der Waals surface area contributed by atoms with E-state index in [0.717, 1.165) is 12.8 Å². The number of rotatable bonds is 6. The number of amides is 1. The summed E-state index contributed by atoms with van der Waals surface area (Å²) < 4.78 is 0. The molecule has 0 saturated heterocycles. The van der Waals surface area contributed by atoms with Crippen molar-refractivity contribution in [3.63, 3.8) is 0 Å². The number of benzene rings is 1. The first-order chi connectivity index (χ1) is 11.1. The molecular formula is C15H16N4O3S. The summed E-state index contributed by atoms with van der Waals surface area (Å²) in [5.74, 6) is 0.221. The molecule has 1 aliphatic rings. The maximum Gasteiger partial charge on any atom is 0.271 e. The summed E-state index contributed by atoms with van der Waals surface area (Å²) >= 11 is 1.28. The first kappa shape index (κ1) is 15.6. The van der Waals surface area contributed by atoms with Crippen LogP contribution in [0.3, 0.4) is 0 Å². The van der Waals surface area contributed by atoms with Gasteiger partial charge in [0.2, 0.25) is 0 Å². The molecule has 2 aromatic rings. The minimum atomic E-state index is -0.452. The van der Waals surface area contributed by atoms with E-state index in [0.29, 0.717) is 28.7 Å². The van der Waals surface area contributed by atoms with Crippen molar-refractivity contribution in [3.05, 3.63) is 45.5 Å². The van der Waals surface area contributed by atoms with Crippen LogP contribution in [0.25, 0.3) is 10.6 Å². The molecule has 0 bridgehead atoms. The Bertz CT molecular complexity index is 742. The van der Waals surface area contributed by atoms with Crippen LogP contribution in [0, 0.1) is 16.0 Å². The molecule has 1 aromatic carbocycles. The van der Waals surface area contributed by atoms with E-state index in [1.807, 2.05) is 0 Å². The Hall–Kier alpha value is -2.32. The lowest BCUT2D eigenvalue weighted by Gasteiger charge is -2.14.